The summed E-state index contributed by atoms with van der Waals surface area (Å²) >= 11 is 1.45. The number of likely N-dealkylation sites (tertiary alicyclic amines) is 2. The Kier molecular flexibility index (Phi) is 4.56. The van der Waals surface area contributed by atoms with Gasteiger partial charge >= 0.3 is 0 Å². The van der Waals surface area contributed by atoms with E-state index in [9.17, 15) is 18.8 Å². The number of amides is 3. The summed E-state index contributed by atoms with van der Waals surface area (Å²) in [6.07, 6.45) is 3.33. The Balaban J connectivity index is 1.35. The van der Waals surface area contributed by atoms with E-state index in [0.29, 0.717) is 16.8 Å². The molecule has 2 saturated heterocycles. The van der Waals surface area contributed by atoms with Gasteiger partial charge in [0.05, 0.1) is 52.9 Å². The first kappa shape index (κ1) is 22.3. The van der Waals surface area contributed by atoms with Gasteiger partial charge in [0.2, 0.25) is 11.8 Å². The van der Waals surface area contributed by atoms with Gasteiger partial charge < -0.3 is 4.90 Å². The third-order valence-corrected chi connectivity index (χ3v) is 8.77. The molecule has 5 heterocycles. The van der Waals surface area contributed by atoms with Crippen LogP contribution in [0.25, 0.3) is 21.5 Å². The van der Waals surface area contributed by atoms with E-state index >= 15 is 0 Å². The number of halogens is 1. The lowest BCUT2D eigenvalue weighted by Crippen LogP contribution is -2.59. The Morgan fingerprint density at radius 2 is 1.77 bits per heavy atom. The highest BCUT2D eigenvalue weighted by atomic mass is 32.1. The van der Waals surface area contributed by atoms with Gasteiger partial charge in [-0.2, -0.15) is 0 Å². The van der Waals surface area contributed by atoms with Crippen molar-refractivity contribution in [1.29, 1.82) is 0 Å². The topological polar surface area (TPSA) is 83.5 Å². The van der Waals surface area contributed by atoms with Crippen LogP contribution in [-0.2, 0) is 16.1 Å². The van der Waals surface area contributed by atoms with Gasteiger partial charge in [-0.05, 0) is 43.0 Å². The Bertz CT molecular complexity index is 1410. The second kappa shape index (κ2) is 7.16. The van der Waals surface area contributed by atoms with E-state index in [1.54, 1.807) is 18.5 Å². The highest BCUT2D eigenvalue weighted by molar-refractivity contribution is 7.19. The molecule has 1 saturated carbocycles. The van der Waals surface area contributed by atoms with Crippen molar-refractivity contribution in [1.82, 2.24) is 19.8 Å². The Labute approximate surface area is 206 Å². The van der Waals surface area contributed by atoms with E-state index in [-0.39, 0.29) is 54.6 Å². The van der Waals surface area contributed by atoms with Crippen LogP contribution < -0.4 is 0 Å². The van der Waals surface area contributed by atoms with Crippen molar-refractivity contribution >= 4 is 39.3 Å². The molecule has 3 fully saturated rings. The van der Waals surface area contributed by atoms with Gasteiger partial charge in [-0.1, -0.05) is 13.8 Å². The van der Waals surface area contributed by atoms with Crippen molar-refractivity contribution in [2.45, 2.75) is 39.9 Å². The molecule has 1 aliphatic carbocycles. The van der Waals surface area contributed by atoms with Crippen molar-refractivity contribution in [2.75, 3.05) is 13.1 Å². The largest absolute Gasteiger partial charge is 0.332 e. The van der Waals surface area contributed by atoms with Gasteiger partial charge in [0.1, 0.15) is 5.67 Å². The number of thiophene rings is 1. The maximum Gasteiger partial charge on any atom is 0.256 e. The van der Waals surface area contributed by atoms with E-state index in [4.69, 9.17) is 0 Å². The molecule has 7 nitrogen and oxygen atoms in total. The summed E-state index contributed by atoms with van der Waals surface area (Å²) in [5.74, 6) is -0.860. The van der Waals surface area contributed by atoms with E-state index in [1.807, 2.05) is 32.9 Å². The summed E-state index contributed by atoms with van der Waals surface area (Å²) in [7, 11) is 0. The molecule has 3 aromatic heterocycles. The maximum atomic E-state index is 14.1. The number of pyridine rings is 2. The van der Waals surface area contributed by atoms with Crippen LogP contribution in [0.5, 0.6) is 0 Å². The zero-order valence-electron chi connectivity index (χ0n) is 20.0. The standard InChI is InChI=1S/C26H25FN4O3S/c1-13-5-7-29-20(17(13)22(32)30-11-26(4,27)12-30)15-6-8-28-16-9-14(35-21(15)16)10-31-23(33)18-19(24(31)34)25(18,2)3/h5-9,18-19H,10-12H2,1-4H3. The fourth-order valence-corrected chi connectivity index (χ4v) is 6.77. The van der Waals surface area contributed by atoms with Gasteiger partial charge in [-0.3, -0.25) is 29.3 Å². The second-order valence-electron chi connectivity index (χ2n) is 10.8. The highest BCUT2D eigenvalue weighted by Gasteiger charge is 2.72. The lowest BCUT2D eigenvalue weighted by atomic mass is 9.95. The number of nitrogens with zero attached hydrogens (tertiary/aromatic N) is 4. The molecule has 0 radical (unpaired) electrons. The fourth-order valence-electron chi connectivity index (χ4n) is 5.65. The Morgan fingerprint density at radius 3 is 2.43 bits per heavy atom. The van der Waals surface area contributed by atoms with E-state index in [0.717, 1.165) is 20.7 Å². The summed E-state index contributed by atoms with van der Waals surface area (Å²) in [6, 6.07) is 5.49. The van der Waals surface area contributed by atoms with Crippen LogP contribution in [0.3, 0.4) is 0 Å². The van der Waals surface area contributed by atoms with Gasteiger partial charge in [-0.15, -0.1) is 11.3 Å². The molecule has 6 rings (SSSR count). The zero-order valence-corrected chi connectivity index (χ0v) is 20.8. The number of aromatic nitrogens is 2. The number of piperidine rings is 1. The molecule has 2 aliphatic heterocycles. The SMILES string of the molecule is Cc1ccnc(-c2ccnc3cc(CN4C(=O)C5C(C4=O)C5(C)C)sc23)c1C(=O)N1CC(C)(F)C1. The van der Waals surface area contributed by atoms with Crippen molar-refractivity contribution in [3.8, 4) is 11.3 Å². The number of fused-ring (bicyclic) bond motifs is 2. The van der Waals surface area contributed by atoms with Crippen LogP contribution in [0, 0.1) is 24.2 Å². The lowest BCUT2D eigenvalue weighted by Gasteiger charge is -2.42. The van der Waals surface area contributed by atoms with Gasteiger partial charge in [0, 0.05) is 22.8 Å². The van der Waals surface area contributed by atoms with Crippen LogP contribution in [0.1, 0.15) is 41.6 Å². The minimum atomic E-state index is -1.36. The normalized spacial score (nSPS) is 24.0. The number of rotatable bonds is 4. The van der Waals surface area contributed by atoms with Gasteiger partial charge in [0.25, 0.3) is 5.91 Å². The van der Waals surface area contributed by atoms with E-state index in [2.05, 4.69) is 9.97 Å². The number of hydrogen-bond acceptors (Lipinski definition) is 6. The van der Waals surface area contributed by atoms with Gasteiger partial charge in [-0.25, -0.2) is 4.39 Å². The molecule has 3 aromatic rings. The third-order valence-electron chi connectivity index (χ3n) is 7.63. The van der Waals surface area contributed by atoms with Crippen molar-refractivity contribution in [3.63, 3.8) is 0 Å². The molecule has 9 heteroatoms. The highest BCUT2D eigenvalue weighted by Crippen LogP contribution is 2.63. The smallest absolute Gasteiger partial charge is 0.256 e. The molecule has 2 unspecified atom stereocenters. The summed E-state index contributed by atoms with van der Waals surface area (Å²) in [5, 5.41) is 0. The lowest BCUT2D eigenvalue weighted by molar-refractivity contribution is -0.143. The predicted molar refractivity (Wildman–Crippen MR) is 129 cm³/mol. The van der Waals surface area contributed by atoms with Crippen LogP contribution in [0.4, 0.5) is 4.39 Å². The van der Waals surface area contributed by atoms with Crippen molar-refractivity contribution < 1.29 is 18.8 Å². The summed E-state index contributed by atoms with van der Waals surface area (Å²) in [4.78, 5) is 51.6. The molecule has 0 aromatic carbocycles. The number of aryl methyl sites for hydroxylation is 1. The minimum absolute atomic E-state index is 0.0607. The van der Waals surface area contributed by atoms with Crippen molar-refractivity contribution in [2.24, 2.45) is 17.3 Å². The quantitative estimate of drug-likeness (QED) is 0.515. The Morgan fingerprint density at radius 1 is 1.11 bits per heavy atom. The predicted octanol–water partition coefficient (Wildman–Crippen LogP) is 3.99. The molecule has 35 heavy (non-hydrogen) atoms. The first-order valence-corrected chi connectivity index (χ1v) is 12.5. The average molecular weight is 493 g/mol. The van der Waals surface area contributed by atoms with E-state index < -0.39 is 5.67 Å². The molecular weight excluding hydrogens is 467 g/mol. The molecule has 0 N–H and O–H groups in total. The first-order valence-electron chi connectivity index (χ1n) is 11.7. The molecule has 3 aliphatic rings. The summed E-state index contributed by atoms with van der Waals surface area (Å²) < 4.78 is 14.9. The number of hydrogen-bond donors (Lipinski definition) is 0. The van der Waals surface area contributed by atoms with Crippen LogP contribution >= 0.6 is 11.3 Å². The third kappa shape index (κ3) is 3.24. The molecule has 3 amide bonds. The zero-order chi connectivity index (χ0) is 24.9. The average Bonchev–Trinajstić information content (AvgIpc) is 3.03. The van der Waals surface area contributed by atoms with Crippen LogP contribution in [0.15, 0.2) is 30.6 Å². The molecule has 180 valence electrons. The molecule has 2 atom stereocenters. The summed E-state index contributed by atoms with van der Waals surface area (Å²) in [5.41, 5.74) is 1.62. The first-order chi connectivity index (χ1) is 16.5. The Hall–Kier alpha value is -3.20. The number of carbonyl (C=O) groups excluding carboxylic acids is 3. The minimum Gasteiger partial charge on any atom is -0.332 e. The molecule has 0 spiro atoms. The van der Waals surface area contributed by atoms with Crippen molar-refractivity contribution in [3.05, 3.63) is 46.6 Å². The monoisotopic (exact) mass is 492 g/mol. The van der Waals surface area contributed by atoms with E-state index in [1.165, 1.54) is 28.1 Å². The summed E-state index contributed by atoms with van der Waals surface area (Å²) in [6.45, 7) is 7.61. The molecular formula is C26H25FN4O3S. The maximum absolute atomic E-state index is 14.1. The number of imide groups is 1. The number of alkyl halides is 1. The van der Waals surface area contributed by atoms with Gasteiger partial charge in [0.15, 0.2) is 0 Å². The number of carbonyl (C=O) groups is 3. The fraction of sp³-hybridized carbons (Fsp3) is 0.423. The van der Waals surface area contributed by atoms with Crippen LogP contribution in [0.2, 0.25) is 0 Å². The van der Waals surface area contributed by atoms with Crippen LogP contribution in [-0.4, -0.2) is 56.2 Å². The second-order valence-corrected chi connectivity index (χ2v) is 11.9. The molecule has 0 bridgehead atoms.